The number of rotatable bonds is 4. The summed E-state index contributed by atoms with van der Waals surface area (Å²) >= 11 is 0. The minimum absolute atomic E-state index is 0. The van der Waals surface area contributed by atoms with Crippen molar-refractivity contribution < 1.29 is 23.9 Å². The van der Waals surface area contributed by atoms with Crippen molar-refractivity contribution in [3.8, 4) is 0 Å². The molecule has 8 nitrogen and oxygen atoms in total. The molecule has 1 amide bonds. The number of hydrogen-bond acceptors (Lipinski definition) is 7. The Labute approximate surface area is 190 Å². The third-order valence-electron chi connectivity index (χ3n) is 5.92. The molecule has 1 aromatic rings. The van der Waals surface area contributed by atoms with Crippen LogP contribution in [-0.2, 0) is 19.1 Å². The third kappa shape index (κ3) is 7.18. The summed E-state index contributed by atoms with van der Waals surface area (Å²) in [7, 11) is 2.75. The van der Waals surface area contributed by atoms with Crippen LogP contribution in [0.1, 0.15) is 74.6 Å². The van der Waals surface area contributed by atoms with Crippen molar-refractivity contribution in [3.63, 3.8) is 0 Å². The number of amides is 1. The molecular weight excluding hydrogens is 422 g/mol. The quantitative estimate of drug-likeness (QED) is 0.669. The van der Waals surface area contributed by atoms with Crippen LogP contribution in [0.3, 0.4) is 0 Å². The topological polar surface area (TPSA) is 121 Å². The molecule has 1 heterocycles. The number of nitrogens with zero attached hydrogens (tertiary/aromatic N) is 1. The van der Waals surface area contributed by atoms with Crippen LogP contribution in [0.2, 0.25) is 0 Å². The van der Waals surface area contributed by atoms with Gasteiger partial charge in [-0.05, 0) is 37.8 Å². The summed E-state index contributed by atoms with van der Waals surface area (Å²) in [5, 5.41) is 2.86. The zero-order chi connectivity index (χ0) is 22.0. The van der Waals surface area contributed by atoms with Crippen LogP contribution in [0.4, 0.5) is 0 Å². The summed E-state index contributed by atoms with van der Waals surface area (Å²) in [5.74, 6) is -0.860. The van der Waals surface area contributed by atoms with Gasteiger partial charge in [-0.3, -0.25) is 14.6 Å². The molecule has 0 saturated heterocycles. The standard InChI is InChI=1S/C14H18N2O3.C8H15NO2.ClH/c1-19-13(18)14(7-3-2-4-8-14)16-12(17)11-5-9-15-10-6-11;1-11-7(10)8(9)5-3-2-4-6-8;/h5-6,9-10H,2-4,7-8H2,1H3,(H,16,17);2-6,9H2,1H3;1H. The van der Waals surface area contributed by atoms with Crippen LogP contribution in [0.15, 0.2) is 24.5 Å². The van der Waals surface area contributed by atoms with Crippen LogP contribution < -0.4 is 11.1 Å². The molecule has 1 aromatic heterocycles. The Hall–Kier alpha value is -2.19. The van der Waals surface area contributed by atoms with Crippen molar-refractivity contribution in [2.45, 2.75) is 75.3 Å². The smallest absolute Gasteiger partial charge is 0.331 e. The molecule has 2 aliphatic rings. The van der Waals surface area contributed by atoms with E-state index in [1.807, 2.05) is 0 Å². The maximum absolute atomic E-state index is 12.2. The molecule has 0 bridgehead atoms. The number of carbonyl (C=O) groups is 3. The monoisotopic (exact) mass is 455 g/mol. The first-order valence-corrected chi connectivity index (χ1v) is 10.6. The number of esters is 2. The molecule has 0 aromatic carbocycles. The highest BCUT2D eigenvalue weighted by molar-refractivity contribution is 5.98. The van der Waals surface area contributed by atoms with Crippen molar-refractivity contribution in [2.75, 3.05) is 14.2 Å². The fraction of sp³-hybridized carbons (Fsp3) is 0.636. The first kappa shape index (κ1) is 26.8. The average Bonchev–Trinajstić information content (AvgIpc) is 2.80. The number of nitrogens with two attached hydrogens (primary N) is 1. The molecule has 0 radical (unpaired) electrons. The number of pyridine rings is 1. The molecule has 0 unspecified atom stereocenters. The largest absolute Gasteiger partial charge is 0.468 e. The van der Waals surface area contributed by atoms with Crippen molar-refractivity contribution in [3.05, 3.63) is 30.1 Å². The molecule has 0 aliphatic heterocycles. The van der Waals surface area contributed by atoms with E-state index in [2.05, 4.69) is 15.0 Å². The normalized spacial score (nSPS) is 18.8. The molecule has 2 fully saturated rings. The van der Waals surface area contributed by atoms with E-state index in [-0.39, 0.29) is 30.3 Å². The summed E-state index contributed by atoms with van der Waals surface area (Å²) in [6, 6.07) is 3.26. The van der Waals surface area contributed by atoms with Crippen LogP contribution in [0, 0.1) is 0 Å². The maximum atomic E-state index is 12.2. The Morgan fingerprint density at radius 3 is 1.84 bits per heavy atom. The lowest BCUT2D eigenvalue weighted by molar-refractivity contribution is -0.150. The molecule has 0 spiro atoms. The third-order valence-corrected chi connectivity index (χ3v) is 5.92. The summed E-state index contributed by atoms with van der Waals surface area (Å²) in [6.45, 7) is 0. The number of aromatic nitrogens is 1. The summed E-state index contributed by atoms with van der Waals surface area (Å²) in [4.78, 5) is 39.2. The molecule has 3 N–H and O–H groups in total. The molecule has 2 saturated carbocycles. The van der Waals surface area contributed by atoms with Crippen LogP contribution in [0.25, 0.3) is 0 Å². The Bertz CT molecular complexity index is 717. The number of halogens is 1. The summed E-state index contributed by atoms with van der Waals surface area (Å²) in [6.07, 6.45) is 12.2. The van der Waals surface area contributed by atoms with Crippen molar-refractivity contribution >= 4 is 30.3 Å². The van der Waals surface area contributed by atoms with Gasteiger partial charge in [0, 0.05) is 18.0 Å². The van der Waals surface area contributed by atoms with E-state index in [0.717, 1.165) is 44.9 Å². The van der Waals surface area contributed by atoms with Crippen LogP contribution in [-0.4, -0.2) is 48.1 Å². The zero-order valence-corrected chi connectivity index (χ0v) is 19.2. The minimum Gasteiger partial charge on any atom is -0.468 e. The van der Waals surface area contributed by atoms with Gasteiger partial charge in [0.05, 0.1) is 14.2 Å². The van der Waals surface area contributed by atoms with Crippen molar-refractivity contribution in [1.82, 2.24) is 10.3 Å². The van der Waals surface area contributed by atoms with Gasteiger partial charge in [0.25, 0.3) is 5.91 Å². The number of carbonyl (C=O) groups excluding carboxylic acids is 3. The summed E-state index contributed by atoms with van der Waals surface area (Å²) in [5.41, 5.74) is 4.80. The average molecular weight is 456 g/mol. The van der Waals surface area contributed by atoms with E-state index in [1.165, 1.54) is 20.6 Å². The van der Waals surface area contributed by atoms with Gasteiger partial charge in [-0.15, -0.1) is 12.4 Å². The molecule has 0 atom stereocenters. The molecule has 2 aliphatic carbocycles. The summed E-state index contributed by atoms with van der Waals surface area (Å²) < 4.78 is 9.49. The Morgan fingerprint density at radius 2 is 1.35 bits per heavy atom. The maximum Gasteiger partial charge on any atom is 0.331 e. The molecular formula is C22H34ClN3O5. The predicted molar refractivity (Wildman–Crippen MR) is 119 cm³/mol. The first-order valence-electron chi connectivity index (χ1n) is 10.6. The molecule has 3 rings (SSSR count). The van der Waals surface area contributed by atoms with Gasteiger partial charge >= 0.3 is 11.9 Å². The molecule has 9 heteroatoms. The fourth-order valence-electron chi connectivity index (χ4n) is 4.11. The SMILES string of the molecule is COC(=O)C1(N)CCCCC1.COC(=O)C1(NC(=O)c2ccncc2)CCCCC1.Cl. The second kappa shape index (κ2) is 12.6. The second-order valence-corrected chi connectivity index (χ2v) is 8.03. The van der Waals surface area contributed by atoms with E-state index in [0.29, 0.717) is 18.4 Å². The molecule has 31 heavy (non-hydrogen) atoms. The van der Waals surface area contributed by atoms with Gasteiger partial charge in [0.1, 0.15) is 11.1 Å². The van der Waals surface area contributed by atoms with E-state index >= 15 is 0 Å². The number of ether oxygens (including phenoxy) is 2. The van der Waals surface area contributed by atoms with Gasteiger partial charge < -0.3 is 20.5 Å². The highest BCUT2D eigenvalue weighted by Gasteiger charge is 2.42. The lowest BCUT2D eigenvalue weighted by atomic mass is 9.81. The van der Waals surface area contributed by atoms with Crippen molar-refractivity contribution in [1.29, 1.82) is 0 Å². The van der Waals surface area contributed by atoms with Gasteiger partial charge in [0.15, 0.2) is 0 Å². The highest BCUT2D eigenvalue weighted by Crippen LogP contribution is 2.30. The number of hydrogen-bond donors (Lipinski definition) is 2. The number of nitrogens with one attached hydrogen (secondary N) is 1. The number of methoxy groups -OCH3 is 2. The zero-order valence-electron chi connectivity index (χ0n) is 18.4. The Kier molecular flexibility index (Phi) is 10.9. The fourth-order valence-corrected chi connectivity index (χ4v) is 4.11. The second-order valence-electron chi connectivity index (χ2n) is 8.03. The van der Waals surface area contributed by atoms with Gasteiger partial charge in [0.2, 0.25) is 0 Å². The van der Waals surface area contributed by atoms with E-state index < -0.39 is 11.1 Å². The van der Waals surface area contributed by atoms with E-state index in [9.17, 15) is 14.4 Å². The van der Waals surface area contributed by atoms with E-state index in [1.54, 1.807) is 24.5 Å². The highest BCUT2D eigenvalue weighted by atomic mass is 35.5. The predicted octanol–water partition coefficient (Wildman–Crippen LogP) is 2.93. The lowest BCUT2D eigenvalue weighted by Crippen LogP contribution is -2.56. The lowest BCUT2D eigenvalue weighted by Gasteiger charge is -2.35. The molecule has 174 valence electrons. The van der Waals surface area contributed by atoms with E-state index in [4.69, 9.17) is 10.5 Å². The van der Waals surface area contributed by atoms with Gasteiger partial charge in [-0.25, -0.2) is 4.79 Å². The first-order chi connectivity index (χ1) is 14.4. The van der Waals surface area contributed by atoms with Gasteiger partial charge in [-0.1, -0.05) is 38.5 Å². The van der Waals surface area contributed by atoms with Crippen molar-refractivity contribution in [2.24, 2.45) is 5.73 Å². The Morgan fingerprint density at radius 1 is 0.871 bits per heavy atom. The Balaban J connectivity index is 0.000000344. The van der Waals surface area contributed by atoms with Crippen LogP contribution in [0.5, 0.6) is 0 Å². The minimum atomic E-state index is -0.868. The van der Waals surface area contributed by atoms with Crippen LogP contribution >= 0.6 is 12.4 Å². The van der Waals surface area contributed by atoms with Gasteiger partial charge in [-0.2, -0.15) is 0 Å².